The third-order valence-corrected chi connectivity index (χ3v) is 3.31. The number of ether oxygens (including phenoxy) is 1. The normalized spacial score (nSPS) is 24.8. The zero-order chi connectivity index (χ0) is 13.4. The monoisotopic (exact) mass is 255 g/mol. The van der Waals surface area contributed by atoms with Crippen LogP contribution in [0.3, 0.4) is 0 Å². The number of methoxy groups -OCH3 is 1. The fourth-order valence-electron chi connectivity index (χ4n) is 2.25. The molecular formula is C14H25NO3. The summed E-state index contributed by atoms with van der Waals surface area (Å²) < 4.78 is 4.72. The standard InChI is InChI=1S/C14H25NO3/c1-3-4-5-8-12(16)10-11-7-6-9-13(15-11)14(17)18-2/h6-7,11-13,15-16H,3-5,8-10H2,1-2H3/t11-,12?,13-/m0/s1. The van der Waals surface area contributed by atoms with Crippen LogP contribution in [0.1, 0.15) is 45.4 Å². The van der Waals surface area contributed by atoms with Crippen molar-refractivity contribution in [1.29, 1.82) is 0 Å². The lowest BCUT2D eigenvalue weighted by atomic mass is 9.98. The van der Waals surface area contributed by atoms with Crippen LogP contribution in [0.2, 0.25) is 0 Å². The smallest absolute Gasteiger partial charge is 0.323 e. The van der Waals surface area contributed by atoms with Crippen molar-refractivity contribution in [1.82, 2.24) is 5.32 Å². The van der Waals surface area contributed by atoms with Crippen LogP contribution in [0, 0.1) is 0 Å². The van der Waals surface area contributed by atoms with E-state index in [0.717, 1.165) is 19.3 Å². The molecule has 0 amide bonds. The lowest BCUT2D eigenvalue weighted by molar-refractivity contribution is -0.143. The quantitative estimate of drug-likeness (QED) is 0.413. The van der Waals surface area contributed by atoms with Crippen LogP contribution < -0.4 is 5.32 Å². The van der Waals surface area contributed by atoms with Gasteiger partial charge in [-0.2, -0.15) is 0 Å². The molecule has 1 unspecified atom stereocenters. The number of aliphatic hydroxyl groups excluding tert-OH is 1. The lowest BCUT2D eigenvalue weighted by Crippen LogP contribution is -2.46. The Morgan fingerprint density at radius 2 is 2.33 bits per heavy atom. The summed E-state index contributed by atoms with van der Waals surface area (Å²) in [5.74, 6) is -0.232. The third kappa shape index (κ3) is 5.19. The molecule has 18 heavy (non-hydrogen) atoms. The zero-order valence-electron chi connectivity index (χ0n) is 11.4. The summed E-state index contributed by atoms with van der Waals surface area (Å²) in [5.41, 5.74) is 0. The second kappa shape index (κ2) is 8.27. The maximum atomic E-state index is 11.4. The van der Waals surface area contributed by atoms with Gasteiger partial charge in [-0.25, -0.2) is 0 Å². The summed E-state index contributed by atoms with van der Waals surface area (Å²) in [5, 5.41) is 13.1. The second-order valence-corrected chi connectivity index (χ2v) is 4.90. The molecule has 1 aliphatic rings. The first-order chi connectivity index (χ1) is 8.67. The average molecular weight is 255 g/mol. The van der Waals surface area contributed by atoms with Gasteiger partial charge in [0.15, 0.2) is 0 Å². The summed E-state index contributed by atoms with van der Waals surface area (Å²) in [4.78, 5) is 11.4. The molecule has 1 rings (SSSR count). The summed E-state index contributed by atoms with van der Waals surface area (Å²) in [6.07, 6.45) is 9.27. The van der Waals surface area contributed by atoms with Gasteiger partial charge < -0.3 is 9.84 Å². The highest BCUT2D eigenvalue weighted by molar-refractivity contribution is 5.76. The Hall–Kier alpha value is -0.870. The molecule has 104 valence electrons. The molecule has 0 bridgehead atoms. The number of hydrogen-bond acceptors (Lipinski definition) is 4. The zero-order valence-corrected chi connectivity index (χ0v) is 11.4. The predicted molar refractivity (Wildman–Crippen MR) is 71.3 cm³/mol. The molecule has 0 aromatic rings. The maximum Gasteiger partial charge on any atom is 0.323 e. The third-order valence-electron chi connectivity index (χ3n) is 3.31. The minimum Gasteiger partial charge on any atom is -0.468 e. The Balaban J connectivity index is 2.31. The summed E-state index contributed by atoms with van der Waals surface area (Å²) in [6, 6.07) is -0.202. The first-order valence-corrected chi connectivity index (χ1v) is 6.86. The van der Waals surface area contributed by atoms with Gasteiger partial charge in [0.2, 0.25) is 0 Å². The van der Waals surface area contributed by atoms with E-state index in [9.17, 15) is 9.90 Å². The van der Waals surface area contributed by atoms with Crippen LogP contribution in [-0.4, -0.2) is 36.4 Å². The van der Waals surface area contributed by atoms with Crippen molar-refractivity contribution in [3.05, 3.63) is 12.2 Å². The second-order valence-electron chi connectivity index (χ2n) is 4.90. The molecule has 0 aromatic carbocycles. The van der Waals surface area contributed by atoms with Crippen LogP contribution in [0.25, 0.3) is 0 Å². The van der Waals surface area contributed by atoms with Crippen molar-refractivity contribution < 1.29 is 14.6 Å². The number of rotatable bonds is 7. The van der Waals surface area contributed by atoms with E-state index in [1.54, 1.807) is 0 Å². The van der Waals surface area contributed by atoms with Gasteiger partial charge in [-0.15, -0.1) is 0 Å². The van der Waals surface area contributed by atoms with E-state index in [2.05, 4.69) is 12.2 Å². The molecule has 0 aromatic heterocycles. The molecule has 2 N–H and O–H groups in total. The molecule has 0 spiro atoms. The van der Waals surface area contributed by atoms with Crippen LogP contribution in [0.4, 0.5) is 0 Å². The average Bonchev–Trinajstić information content (AvgIpc) is 2.38. The molecule has 4 heteroatoms. The number of esters is 1. The number of carbonyl (C=O) groups is 1. The van der Waals surface area contributed by atoms with E-state index >= 15 is 0 Å². The van der Waals surface area contributed by atoms with E-state index in [1.165, 1.54) is 13.5 Å². The van der Waals surface area contributed by atoms with Crippen molar-refractivity contribution >= 4 is 5.97 Å². The largest absolute Gasteiger partial charge is 0.468 e. The first kappa shape index (κ1) is 15.2. The predicted octanol–water partition coefficient (Wildman–Crippen LogP) is 1.78. The van der Waals surface area contributed by atoms with Crippen LogP contribution in [0.5, 0.6) is 0 Å². The van der Waals surface area contributed by atoms with Crippen molar-refractivity contribution in [2.75, 3.05) is 7.11 Å². The topological polar surface area (TPSA) is 58.6 Å². The number of carbonyl (C=O) groups excluding carboxylic acids is 1. The van der Waals surface area contributed by atoms with Gasteiger partial charge in [-0.1, -0.05) is 38.3 Å². The Labute approximate surface area is 109 Å². The molecule has 3 atom stereocenters. The minimum absolute atomic E-state index is 0.0690. The fraction of sp³-hybridized carbons (Fsp3) is 0.786. The Morgan fingerprint density at radius 3 is 3.00 bits per heavy atom. The molecule has 1 aliphatic heterocycles. The van der Waals surface area contributed by atoms with Gasteiger partial charge in [0.05, 0.1) is 13.2 Å². The van der Waals surface area contributed by atoms with Crippen LogP contribution in [-0.2, 0) is 9.53 Å². The molecule has 0 radical (unpaired) electrons. The first-order valence-electron chi connectivity index (χ1n) is 6.86. The van der Waals surface area contributed by atoms with Gasteiger partial charge >= 0.3 is 5.97 Å². The molecule has 4 nitrogen and oxygen atoms in total. The minimum atomic E-state index is -0.296. The summed E-state index contributed by atoms with van der Waals surface area (Å²) in [6.45, 7) is 2.15. The highest BCUT2D eigenvalue weighted by Gasteiger charge is 2.24. The maximum absolute atomic E-state index is 11.4. The molecule has 1 heterocycles. The highest BCUT2D eigenvalue weighted by Crippen LogP contribution is 2.14. The van der Waals surface area contributed by atoms with Crippen LogP contribution in [0.15, 0.2) is 12.2 Å². The Bertz CT molecular complexity index is 278. The van der Waals surface area contributed by atoms with Gasteiger partial charge in [-0.3, -0.25) is 10.1 Å². The highest BCUT2D eigenvalue weighted by atomic mass is 16.5. The van der Waals surface area contributed by atoms with Crippen molar-refractivity contribution in [2.24, 2.45) is 0 Å². The number of aliphatic hydroxyl groups is 1. The number of hydrogen-bond donors (Lipinski definition) is 2. The van der Waals surface area contributed by atoms with Gasteiger partial charge in [0, 0.05) is 6.04 Å². The Kier molecular flexibility index (Phi) is 6.98. The van der Waals surface area contributed by atoms with Gasteiger partial charge in [-0.05, 0) is 19.3 Å². The van der Waals surface area contributed by atoms with E-state index in [4.69, 9.17) is 4.74 Å². The van der Waals surface area contributed by atoms with E-state index in [-0.39, 0.29) is 24.2 Å². The van der Waals surface area contributed by atoms with Crippen molar-refractivity contribution in [3.8, 4) is 0 Å². The van der Waals surface area contributed by atoms with E-state index in [0.29, 0.717) is 12.8 Å². The van der Waals surface area contributed by atoms with Crippen LogP contribution >= 0.6 is 0 Å². The van der Waals surface area contributed by atoms with E-state index < -0.39 is 0 Å². The molecule has 0 saturated heterocycles. The summed E-state index contributed by atoms with van der Waals surface area (Å²) >= 11 is 0. The Morgan fingerprint density at radius 1 is 1.56 bits per heavy atom. The summed E-state index contributed by atoms with van der Waals surface area (Å²) in [7, 11) is 1.40. The molecule has 0 aliphatic carbocycles. The lowest BCUT2D eigenvalue weighted by Gasteiger charge is -2.26. The number of unbranched alkanes of at least 4 members (excludes halogenated alkanes) is 2. The van der Waals surface area contributed by atoms with Crippen molar-refractivity contribution in [3.63, 3.8) is 0 Å². The van der Waals surface area contributed by atoms with E-state index in [1.807, 2.05) is 12.2 Å². The molecular weight excluding hydrogens is 230 g/mol. The molecule has 0 fully saturated rings. The molecule has 0 saturated carbocycles. The number of nitrogens with one attached hydrogen (secondary N) is 1. The van der Waals surface area contributed by atoms with Gasteiger partial charge in [0.1, 0.15) is 6.04 Å². The SMILES string of the molecule is CCCCCC(O)C[C@@H]1C=CC[C@@H](C(=O)OC)N1. The van der Waals surface area contributed by atoms with Gasteiger partial charge in [0.25, 0.3) is 0 Å². The fourth-order valence-corrected chi connectivity index (χ4v) is 2.25. The van der Waals surface area contributed by atoms with Crippen molar-refractivity contribution in [2.45, 2.75) is 63.6 Å².